The van der Waals surface area contributed by atoms with E-state index in [9.17, 15) is 4.79 Å². The van der Waals surface area contributed by atoms with Crippen molar-refractivity contribution < 1.29 is 24.5 Å². The van der Waals surface area contributed by atoms with Crippen molar-refractivity contribution in [2.75, 3.05) is 26.4 Å². The molecular weight excluding hydrogens is 250 g/mol. The second-order valence-corrected chi connectivity index (χ2v) is 3.76. The predicted molar refractivity (Wildman–Crippen MR) is 69.5 cm³/mol. The average molecular weight is 269 g/mol. The summed E-state index contributed by atoms with van der Waals surface area (Å²) in [4.78, 5) is 10.6. The molecule has 0 spiro atoms. The standard InChI is InChI=1S/C13H19NO5/c1-2-18-11-5-3-4-10(8-14-6-7-15)13(11)19-9-12(16)17/h3-5,14-15H,2,6-9H2,1H3,(H,16,17). The number of benzene rings is 1. The molecule has 0 aliphatic heterocycles. The smallest absolute Gasteiger partial charge is 0.341 e. The van der Waals surface area contributed by atoms with Crippen LogP contribution in [0, 0.1) is 0 Å². The van der Waals surface area contributed by atoms with Crippen LogP contribution in [0.3, 0.4) is 0 Å². The van der Waals surface area contributed by atoms with Gasteiger partial charge < -0.3 is 25.0 Å². The Labute approximate surface area is 112 Å². The summed E-state index contributed by atoms with van der Waals surface area (Å²) in [5, 5.41) is 20.4. The van der Waals surface area contributed by atoms with Gasteiger partial charge in [-0.15, -0.1) is 0 Å². The van der Waals surface area contributed by atoms with Crippen LogP contribution in [0.1, 0.15) is 12.5 Å². The van der Waals surface area contributed by atoms with E-state index in [0.717, 1.165) is 5.56 Å². The minimum absolute atomic E-state index is 0.0382. The number of hydrogen-bond acceptors (Lipinski definition) is 5. The Kier molecular flexibility index (Phi) is 6.70. The molecule has 0 radical (unpaired) electrons. The zero-order valence-electron chi connectivity index (χ0n) is 10.9. The summed E-state index contributed by atoms with van der Waals surface area (Å²) in [6.45, 7) is 2.86. The van der Waals surface area contributed by atoms with Crippen LogP contribution in [0.4, 0.5) is 0 Å². The molecule has 1 aromatic rings. The lowest BCUT2D eigenvalue weighted by atomic mass is 10.2. The molecule has 19 heavy (non-hydrogen) atoms. The van der Waals surface area contributed by atoms with Crippen molar-refractivity contribution >= 4 is 5.97 Å². The molecule has 0 aliphatic carbocycles. The van der Waals surface area contributed by atoms with Crippen molar-refractivity contribution in [3.8, 4) is 11.5 Å². The number of carboxylic acids is 1. The van der Waals surface area contributed by atoms with Gasteiger partial charge in [-0.3, -0.25) is 0 Å². The van der Waals surface area contributed by atoms with E-state index in [1.165, 1.54) is 0 Å². The maximum atomic E-state index is 10.6. The highest BCUT2D eigenvalue weighted by Crippen LogP contribution is 2.31. The molecule has 0 unspecified atom stereocenters. The number of rotatable bonds is 9. The number of ether oxygens (including phenoxy) is 2. The second-order valence-electron chi connectivity index (χ2n) is 3.76. The van der Waals surface area contributed by atoms with Crippen LogP contribution >= 0.6 is 0 Å². The van der Waals surface area contributed by atoms with Gasteiger partial charge in [0, 0.05) is 18.7 Å². The molecule has 0 atom stereocenters. The van der Waals surface area contributed by atoms with Crippen LogP contribution in [0.5, 0.6) is 11.5 Å². The third-order valence-electron chi connectivity index (χ3n) is 2.30. The Hall–Kier alpha value is -1.79. The van der Waals surface area contributed by atoms with E-state index in [4.69, 9.17) is 19.7 Å². The number of aliphatic carboxylic acids is 1. The van der Waals surface area contributed by atoms with Crippen molar-refractivity contribution in [3.05, 3.63) is 23.8 Å². The number of nitrogens with one attached hydrogen (secondary N) is 1. The highest BCUT2D eigenvalue weighted by Gasteiger charge is 2.12. The number of aliphatic hydroxyl groups is 1. The maximum Gasteiger partial charge on any atom is 0.341 e. The monoisotopic (exact) mass is 269 g/mol. The minimum atomic E-state index is -1.04. The normalized spacial score (nSPS) is 10.2. The van der Waals surface area contributed by atoms with Crippen LogP contribution in [-0.4, -0.2) is 42.5 Å². The number of carboxylic acid groups (broad SMARTS) is 1. The predicted octanol–water partition coefficient (Wildman–Crippen LogP) is 0.631. The van der Waals surface area contributed by atoms with Crippen molar-refractivity contribution in [3.63, 3.8) is 0 Å². The molecule has 0 aliphatic rings. The molecule has 1 aromatic carbocycles. The van der Waals surface area contributed by atoms with Gasteiger partial charge in [-0.25, -0.2) is 4.79 Å². The molecular formula is C13H19NO5. The fraction of sp³-hybridized carbons (Fsp3) is 0.462. The first kappa shape index (κ1) is 15.3. The highest BCUT2D eigenvalue weighted by molar-refractivity contribution is 5.68. The molecule has 0 amide bonds. The highest BCUT2D eigenvalue weighted by atomic mass is 16.5. The zero-order chi connectivity index (χ0) is 14.1. The molecule has 0 fully saturated rings. The molecule has 3 N–H and O–H groups in total. The number of para-hydroxylation sites is 1. The average Bonchev–Trinajstić information content (AvgIpc) is 2.38. The van der Waals surface area contributed by atoms with E-state index in [2.05, 4.69) is 5.32 Å². The summed E-state index contributed by atoms with van der Waals surface area (Å²) in [6, 6.07) is 5.37. The second kappa shape index (κ2) is 8.34. The van der Waals surface area contributed by atoms with E-state index in [1.807, 2.05) is 19.1 Å². The molecule has 1 rings (SSSR count). The van der Waals surface area contributed by atoms with E-state index >= 15 is 0 Å². The van der Waals surface area contributed by atoms with Crippen molar-refractivity contribution in [2.45, 2.75) is 13.5 Å². The van der Waals surface area contributed by atoms with Crippen LogP contribution in [-0.2, 0) is 11.3 Å². The SMILES string of the molecule is CCOc1cccc(CNCCO)c1OCC(=O)O. The van der Waals surface area contributed by atoms with Gasteiger partial charge in [-0.2, -0.15) is 0 Å². The molecule has 6 heteroatoms. The third-order valence-corrected chi connectivity index (χ3v) is 2.30. The fourth-order valence-corrected chi connectivity index (χ4v) is 1.57. The summed E-state index contributed by atoms with van der Waals surface area (Å²) in [5.41, 5.74) is 0.792. The number of aliphatic hydroxyl groups excluding tert-OH is 1. The van der Waals surface area contributed by atoms with Gasteiger partial charge in [0.15, 0.2) is 18.1 Å². The van der Waals surface area contributed by atoms with Crippen molar-refractivity contribution in [1.82, 2.24) is 5.32 Å². The fourth-order valence-electron chi connectivity index (χ4n) is 1.57. The summed E-state index contributed by atoms with van der Waals surface area (Å²) >= 11 is 0. The first-order valence-corrected chi connectivity index (χ1v) is 6.09. The molecule has 106 valence electrons. The van der Waals surface area contributed by atoms with Gasteiger partial charge in [0.05, 0.1) is 13.2 Å². The summed E-state index contributed by atoms with van der Waals surface area (Å²) in [7, 11) is 0. The van der Waals surface area contributed by atoms with Crippen molar-refractivity contribution in [2.24, 2.45) is 0 Å². The van der Waals surface area contributed by atoms with Crippen LogP contribution in [0.2, 0.25) is 0 Å². The molecule has 6 nitrogen and oxygen atoms in total. The molecule has 0 saturated heterocycles. The first-order chi connectivity index (χ1) is 9.19. The summed E-state index contributed by atoms with van der Waals surface area (Å²) in [6.07, 6.45) is 0. The number of carbonyl (C=O) groups is 1. The lowest BCUT2D eigenvalue weighted by Gasteiger charge is -2.15. The van der Waals surface area contributed by atoms with Gasteiger partial charge >= 0.3 is 5.97 Å². The summed E-state index contributed by atoms with van der Waals surface area (Å²) in [5.74, 6) is -0.0928. The van der Waals surface area contributed by atoms with Crippen LogP contribution in [0.15, 0.2) is 18.2 Å². The van der Waals surface area contributed by atoms with E-state index in [-0.39, 0.29) is 6.61 Å². The lowest BCUT2D eigenvalue weighted by molar-refractivity contribution is -0.139. The Balaban J connectivity index is 2.85. The van der Waals surface area contributed by atoms with Gasteiger partial charge in [-0.05, 0) is 13.0 Å². The third kappa shape index (κ3) is 5.15. The van der Waals surface area contributed by atoms with Gasteiger partial charge in [0.2, 0.25) is 0 Å². The Morgan fingerprint density at radius 3 is 2.79 bits per heavy atom. The first-order valence-electron chi connectivity index (χ1n) is 6.09. The molecule has 0 saturated carbocycles. The molecule has 0 heterocycles. The Morgan fingerprint density at radius 2 is 2.16 bits per heavy atom. The zero-order valence-corrected chi connectivity index (χ0v) is 10.9. The topological polar surface area (TPSA) is 88.0 Å². The van der Waals surface area contributed by atoms with Crippen LogP contribution < -0.4 is 14.8 Å². The van der Waals surface area contributed by atoms with Gasteiger partial charge in [0.1, 0.15) is 0 Å². The Bertz CT molecular complexity index is 408. The van der Waals surface area contributed by atoms with Crippen molar-refractivity contribution in [1.29, 1.82) is 0 Å². The Morgan fingerprint density at radius 1 is 1.37 bits per heavy atom. The van der Waals surface area contributed by atoms with E-state index < -0.39 is 12.6 Å². The molecule has 0 bridgehead atoms. The number of hydrogen-bond donors (Lipinski definition) is 3. The molecule has 0 aromatic heterocycles. The summed E-state index contributed by atoms with van der Waals surface area (Å²) < 4.78 is 10.7. The van der Waals surface area contributed by atoms with E-state index in [0.29, 0.717) is 31.2 Å². The van der Waals surface area contributed by atoms with Gasteiger partial charge in [0.25, 0.3) is 0 Å². The maximum absolute atomic E-state index is 10.6. The van der Waals surface area contributed by atoms with E-state index in [1.54, 1.807) is 6.07 Å². The largest absolute Gasteiger partial charge is 0.490 e. The van der Waals surface area contributed by atoms with Crippen LogP contribution in [0.25, 0.3) is 0 Å². The lowest BCUT2D eigenvalue weighted by Crippen LogP contribution is -2.19. The minimum Gasteiger partial charge on any atom is -0.490 e. The van der Waals surface area contributed by atoms with Gasteiger partial charge in [-0.1, -0.05) is 12.1 Å². The quantitative estimate of drug-likeness (QED) is 0.570.